The Morgan fingerprint density at radius 3 is 2.82 bits per heavy atom. The second-order valence-electron chi connectivity index (χ2n) is 5.05. The number of benzene rings is 1. The van der Waals surface area contributed by atoms with Crippen LogP contribution >= 0.6 is 0 Å². The molecule has 0 unspecified atom stereocenters. The molecule has 0 amide bonds. The summed E-state index contributed by atoms with van der Waals surface area (Å²) >= 11 is 0. The van der Waals surface area contributed by atoms with Crippen molar-refractivity contribution in [3.63, 3.8) is 0 Å². The summed E-state index contributed by atoms with van der Waals surface area (Å²) in [6.45, 7) is 3.02. The fraction of sp³-hybridized carbons (Fsp3) is 0.353. The molecule has 118 valence electrons. The third kappa shape index (κ3) is 4.72. The molecule has 0 aliphatic rings. The zero-order chi connectivity index (χ0) is 15.8. The molecule has 0 aliphatic heterocycles. The second kappa shape index (κ2) is 8.36. The smallest absolute Gasteiger partial charge is 0.130 e. The highest BCUT2D eigenvalue weighted by atomic mass is 16.5. The number of hydrogen-bond donors (Lipinski definition) is 2. The van der Waals surface area contributed by atoms with Crippen molar-refractivity contribution in [1.82, 2.24) is 10.3 Å². The fourth-order valence-electron chi connectivity index (χ4n) is 1.95. The van der Waals surface area contributed by atoms with Crippen LogP contribution in [0.15, 0.2) is 42.6 Å². The summed E-state index contributed by atoms with van der Waals surface area (Å²) in [6, 6.07) is 11.5. The van der Waals surface area contributed by atoms with Gasteiger partial charge in [0.2, 0.25) is 0 Å². The Morgan fingerprint density at radius 2 is 2.14 bits per heavy atom. The van der Waals surface area contributed by atoms with Gasteiger partial charge >= 0.3 is 0 Å². The van der Waals surface area contributed by atoms with E-state index in [1.54, 1.807) is 13.3 Å². The molecule has 0 aliphatic carbocycles. The molecule has 1 aromatic carbocycles. The number of nitrogens with zero attached hydrogens (tertiary/aromatic N) is 1. The topological polar surface area (TPSA) is 63.6 Å². The predicted molar refractivity (Wildman–Crippen MR) is 85.0 cm³/mol. The van der Waals surface area contributed by atoms with Crippen LogP contribution in [-0.4, -0.2) is 29.8 Å². The van der Waals surface area contributed by atoms with E-state index < -0.39 is 0 Å². The van der Waals surface area contributed by atoms with Crippen molar-refractivity contribution in [3.05, 3.63) is 53.9 Å². The molecule has 0 fully saturated rings. The van der Waals surface area contributed by atoms with Gasteiger partial charge in [-0.2, -0.15) is 0 Å². The monoisotopic (exact) mass is 302 g/mol. The molecule has 2 N–H and O–H groups in total. The zero-order valence-electron chi connectivity index (χ0n) is 13.0. The van der Waals surface area contributed by atoms with Gasteiger partial charge in [-0.05, 0) is 37.3 Å². The highest BCUT2D eigenvalue weighted by Crippen LogP contribution is 2.25. The summed E-state index contributed by atoms with van der Waals surface area (Å²) in [7, 11) is 1.64. The predicted octanol–water partition coefficient (Wildman–Crippen LogP) is 2.14. The third-order valence-corrected chi connectivity index (χ3v) is 3.28. The summed E-state index contributed by atoms with van der Waals surface area (Å²) in [4.78, 5) is 4.25. The van der Waals surface area contributed by atoms with Gasteiger partial charge in [-0.25, -0.2) is 0 Å². The first kappa shape index (κ1) is 16.3. The molecule has 0 saturated heterocycles. The first-order valence-electron chi connectivity index (χ1n) is 7.26. The molecule has 22 heavy (non-hydrogen) atoms. The highest BCUT2D eigenvalue weighted by molar-refractivity contribution is 5.40. The van der Waals surface area contributed by atoms with Crippen LogP contribution in [0.2, 0.25) is 0 Å². The van der Waals surface area contributed by atoms with Gasteiger partial charge in [0.05, 0.1) is 19.4 Å². The lowest BCUT2D eigenvalue weighted by molar-refractivity contribution is 0.249. The van der Waals surface area contributed by atoms with Crippen LogP contribution in [0, 0.1) is 0 Å². The summed E-state index contributed by atoms with van der Waals surface area (Å²) in [5.74, 6) is 1.56. The number of methoxy groups -OCH3 is 1. The van der Waals surface area contributed by atoms with Crippen LogP contribution in [0.5, 0.6) is 11.5 Å². The minimum atomic E-state index is 0.0230. The van der Waals surface area contributed by atoms with E-state index in [1.165, 1.54) is 0 Å². The molecule has 2 aromatic rings. The summed E-state index contributed by atoms with van der Waals surface area (Å²) in [5, 5.41) is 12.3. The van der Waals surface area contributed by atoms with E-state index in [1.807, 2.05) is 43.3 Å². The van der Waals surface area contributed by atoms with E-state index in [0.717, 1.165) is 22.8 Å². The summed E-state index contributed by atoms with van der Waals surface area (Å²) < 4.78 is 11.1. The van der Waals surface area contributed by atoms with E-state index in [0.29, 0.717) is 13.2 Å². The normalized spacial score (nSPS) is 12.0. The third-order valence-electron chi connectivity index (χ3n) is 3.28. The number of nitrogens with one attached hydrogen (secondary N) is 1. The number of rotatable bonds is 8. The van der Waals surface area contributed by atoms with Crippen molar-refractivity contribution in [3.8, 4) is 11.5 Å². The van der Waals surface area contributed by atoms with Gasteiger partial charge < -0.3 is 19.9 Å². The van der Waals surface area contributed by atoms with E-state index >= 15 is 0 Å². The molecular formula is C17H22N2O3. The van der Waals surface area contributed by atoms with Crippen molar-refractivity contribution in [1.29, 1.82) is 0 Å². The van der Waals surface area contributed by atoms with Crippen LogP contribution in [0.4, 0.5) is 0 Å². The number of aliphatic hydroxyl groups excluding tert-OH is 1. The lowest BCUT2D eigenvalue weighted by Gasteiger charge is -2.15. The Kier molecular flexibility index (Phi) is 6.18. The minimum Gasteiger partial charge on any atom is -0.497 e. The van der Waals surface area contributed by atoms with Gasteiger partial charge in [0, 0.05) is 24.3 Å². The van der Waals surface area contributed by atoms with E-state index in [4.69, 9.17) is 14.6 Å². The van der Waals surface area contributed by atoms with Crippen LogP contribution in [-0.2, 0) is 13.2 Å². The van der Waals surface area contributed by atoms with Crippen LogP contribution in [0.25, 0.3) is 0 Å². The molecule has 1 atom stereocenters. The number of pyridine rings is 1. The highest BCUT2D eigenvalue weighted by Gasteiger charge is 2.08. The van der Waals surface area contributed by atoms with E-state index in [9.17, 15) is 0 Å². The quantitative estimate of drug-likeness (QED) is 0.782. The Balaban J connectivity index is 2.07. The first-order valence-corrected chi connectivity index (χ1v) is 7.26. The summed E-state index contributed by atoms with van der Waals surface area (Å²) in [6.07, 6.45) is 1.75. The molecule has 2 rings (SSSR count). The standard InChI is InChI=1S/C17H22N2O3/c1-13(11-20)19-10-14-9-16(21-2)6-7-17(14)22-12-15-5-3-4-8-18-15/h3-9,13,19-20H,10-12H2,1-2H3/t13-/m1/s1. The van der Waals surface area contributed by atoms with Crippen molar-refractivity contribution in [2.24, 2.45) is 0 Å². The second-order valence-corrected chi connectivity index (χ2v) is 5.05. The van der Waals surface area contributed by atoms with Gasteiger partial charge in [-0.1, -0.05) is 6.07 Å². The maximum Gasteiger partial charge on any atom is 0.130 e. The Morgan fingerprint density at radius 1 is 1.27 bits per heavy atom. The minimum absolute atomic E-state index is 0.0230. The molecule has 5 heteroatoms. The van der Waals surface area contributed by atoms with Crippen LogP contribution in [0.3, 0.4) is 0 Å². The number of hydrogen-bond acceptors (Lipinski definition) is 5. The first-order chi connectivity index (χ1) is 10.7. The van der Waals surface area contributed by atoms with Gasteiger partial charge in [0.15, 0.2) is 0 Å². The zero-order valence-corrected chi connectivity index (χ0v) is 13.0. The molecule has 0 saturated carbocycles. The van der Waals surface area contributed by atoms with Gasteiger partial charge in [0.25, 0.3) is 0 Å². The van der Waals surface area contributed by atoms with Crippen molar-refractivity contribution in [2.75, 3.05) is 13.7 Å². The van der Waals surface area contributed by atoms with E-state index in [-0.39, 0.29) is 12.6 Å². The summed E-state index contributed by atoms with van der Waals surface area (Å²) in [5.41, 5.74) is 1.86. The number of aliphatic hydroxyl groups is 1. The molecule has 0 spiro atoms. The Hall–Kier alpha value is -2.11. The SMILES string of the molecule is COc1ccc(OCc2ccccn2)c(CN[C@H](C)CO)c1. The van der Waals surface area contributed by atoms with Crippen LogP contribution in [0.1, 0.15) is 18.2 Å². The maximum atomic E-state index is 9.11. The average Bonchev–Trinajstić information content (AvgIpc) is 2.58. The molecule has 1 aromatic heterocycles. The van der Waals surface area contributed by atoms with Crippen LogP contribution < -0.4 is 14.8 Å². The number of aromatic nitrogens is 1. The lowest BCUT2D eigenvalue weighted by Crippen LogP contribution is -2.28. The Bertz CT molecular complexity index is 575. The Labute approximate surface area is 130 Å². The fourth-order valence-corrected chi connectivity index (χ4v) is 1.95. The molecular weight excluding hydrogens is 280 g/mol. The largest absolute Gasteiger partial charge is 0.497 e. The maximum absolute atomic E-state index is 9.11. The lowest BCUT2D eigenvalue weighted by atomic mass is 10.1. The number of ether oxygens (including phenoxy) is 2. The van der Waals surface area contributed by atoms with Gasteiger partial charge in [-0.15, -0.1) is 0 Å². The van der Waals surface area contributed by atoms with Gasteiger partial charge in [-0.3, -0.25) is 4.98 Å². The van der Waals surface area contributed by atoms with Crippen molar-refractivity contribution in [2.45, 2.75) is 26.1 Å². The molecule has 1 heterocycles. The van der Waals surface area contributed by atoms with E-state index in [2.05, 4.69) is 10.3 Å². The molecule has 5 nitrogen and oxygen atoms in total. The molecule has 0 radical (unpaired) electrons. The average molecular weight is 302 g/mol. The molecule has 0 bridgehead atoms. The van der Waals surface area contributed by atoms with Crippen molar-refractivity contribution < 1.29 is 14.6 Å². The van der Waals surface area contributed by atoms with Gasteiger partial charge in [0.1, 0.15) is 18.1 Å². The van der Waals surface area contributed by atoms with Crippen molar-refractivity contribution >= 4 is 0 Å².